The van der Waals surface area contributed by atoms with Gasteiger partial charge >= 0.3 is 0 Å². The molecule has 0 bridgehead atoms. The zero-order valence-electron chi connectivity index (χ0n) is 15.1. The van der Waals surface area contributed by atoms with E-state index in [4.69, 9.17) is 14.2 Å². The molecule has 0 saturated heterocycles. The van der Waals surface area contributed by atoms with Crippen molar-refractivity contribution >= 4 is 27.5 Å². The van der Waals surface area contributed by atoms with Gasteiger partial charge in [-0.05, 0) is 43.7 Å². The molecule has 1 N–H and O–H groups in total. The van der Waals surface area contributed by atoms with Crippen LogP contribution in [0.5, 0.6) is 11.5 Å². The summed E-state index contributed by atoms with van der Waals surface area (Å²) in [5, 5.41) is 2.91. The van der Waals surface area contributed by atoms with Crippen molar-refractivity contribution in [2.24, 2.45) is 0 Å². The average Bonchev–Trinajstić information content (AvgIpc) is 2.65. The van der Waals surface area contributed by atoms with E-state index in [9.17, 15) is 4.79 Å². The maximum Gasteiger partial charge on any atom is 0.259 e. The van der Waals surface area contributed by atoms with Gasteiger partial charge in [-0.3, -0.25) is 4.79 Å². The number of hydrogen-bond acceptors (Lipinski definition) is 4. The van der Waals surface area contributed by atoms with E-state index in [-0.39, 0.29) is 5.91 Å². The molecular formula is C20H24BrNO4. The fraction of sp³-hybridized carbons (Fsp3) is 0.350. The molecule has 0 aliphatic carbocycles. The van der Waals surface area contributed by atoms with Gasteiger partial charge in [-0.1, -0.05) is 35.0 Å². The Bertz CT molecular complexity index is 721. The Kier molecular flexibility index (Phi) is 8.44. The Hall–Kier alpha value is -2.05. The smallest absolute Gasteiger partial charge is 0.259 e. The molecule has 2 aromatic rings. The summed E-state index contributed by atoms with van der Waals surface area (Å²) in [5.41, 5.74) is 1.08. The monoisotopic (exact) mass is 421 g/mol. The summed E-state index contributed by atoms with van der Waals surface area (Å²) < 4.78 is 17.5. The number of carbonyl (C=O) groups is 1. The van der Waals surface area contributed by atoms with Gasteiger partial charge in [0.05, 0.1) is 24.5 Å². The van der Waals surface area contributed by atoms with E-state index in [1.54, 1.807) is 18.2 Å². The third-order valence-corrected chi connectivity index (χ3v) is 3.97. The number of anilines is 1. The predicted octanol–water partition coefficient (Wildman–Crippen LogP) is 4.91. The molecule has 0 saturated carbocycles. The van der Waals surface area contributed by atoms with E-state index in [2.05, 4.69) is 21.2 Å². The van der Waals surface area contributed by atoms with Gasteiger partial charge in [0.15, 0.2) is 0 Å². The lowest BCUT2D eigenvalue weighted by atomic mass is 10.1. The van der Waals surface area contributed by atoms with Crippen LogP contribution in [0.4, 0.5) is 5.69 Å². The van der Waals surface area contributed by atoms with Gasteiger partial charge < -0.3 is 19.5 Å². The summed E-state index contributed by atoms with van der Waals surface area (Å²) >= 11 is 3.41. The highest BCUT2D eigenvalue weighted by molar-refractivity contribution is 9.10. The number of para-hydroxylation sites is 2. The zero-order chi connectivity index (χ0) is 18.8. The third-order valence-electron chi connectivity index (χ3n) is 3.47. The second-order valence-electron chi connectivity index (χ2n) is 5.48. The van der Waals surface area contributed by atoms with Crippen molar-refractivity contribution in [2.75, 3.05) is 31.7 Å². The van der Waals surface area contributed by atoms with Crippen molar-refractivity contribution in [1.82, 2.24) is 0 Å². The number of rotatable bonds is 10. The third kappa shape index (κ3) is 6.04. The van der Waals surface area contributed by atoms with Gasteiger partial charge in [0.25, 0.3) is 5.91 Å². The summed E-state index contributed by atoms with van der Waals surface area (Å²) in [5.74, 6) is 0.909. The normalized spacial score (nSPS) is 10.4. The Morgan fingerprint density at radius 2 is 1.77 bits per heavy atom. The Morgan fingerprint density at radius 3 is 2.54 bits per heavy atom. The van der Waals surface area contributed by atoms with Crippen LogP contribution in [0.3, 0.4) is 0 Å². The summed E-state index contributed by atoms with van der Waals surface area (Å²) in [7, 11) is 0. The van der Waals surface area contributed by atoms with Crippen molar-refractivity contribution in [2.45, 2.75) is 20.3 Å². The van der Waals surface area contributed by atoms with Gasteiger partial charge in [0, 0.05) is 11.1 Å². The van der Waals surface area contributed by atoms with E-state index in [0.29, 0.717) is 49.2 Å². The van der Waals surface area contributed by atoms with E-state index >= 15 is 0 Å². The fourth-order valence-corrected chi connectivity index (χ4v) is 2.62. The molecule has 0 aliphatic rings. The van der Waals surface area contributed by atoms with Crippen LogP contribution in [-0.4, -0.2) is 32.3 Å². The first-order valence-electron chi connectivity index (χ1n) is 8.69. The van der Waals surface area contributed by atoms with Gasteiger partial charge in [-0.15, -0.1) is 0 Å². The van der Waals surface area contributed by atoms with Crippen LogP contribution in [0, 0.1) is 0 Å². The minimum Gasteiger partial charge on any atom is -0.493 e. The molecule has 5 nitrogen and oxygen atoms in total. The van der Waals surface area contributed by atoms with Crippen LogP contribution >= 0.6 is 15.9 Å². The Labute approximate surface area is 162 Å². The van der Waals surface area contributed by atoms with Gasteiger partial charge in [0.1, 0.15) is 18.1 Å². The summed E-state index contributed by atoms with van der Waals surface area (Å²) in [4.78, 5) is 12.8. The first-order chi connectivity index (χ1) is 12.7. The van der Waals surface area contributed by atoms with Crippen molar-refractivity contribution < 1.29 is 19.0 Å². The number of carbonyl (C=O) groups excluding carboxylic acids is 1. The summed E-state index contributed by atoms with van der Waals surface area (Å²) in [6, 6.07) is 12.7. The zero-order valence-corrected chi connectivity index (χ0v) is 16.7. The minimum atomic E-state index is -0.252. The molecular weight excluding hydrogens is 398 g/mol. The molecule has 2 rings (SSSR count). The highest BCUT2D eigenvalue weighted by Gasteiger charge is 2.15. The van der Waals surface area contributed by atoms with Crippen molar-refractivity contribution in [3.63, 3.8) is 0 Å². The van der Waals surface area contributed by atoms with Gasteiger partial charge in [-0.2, -0.15) is 0 Å². The highest BCUT2D eigenvalue weighted by Crippen LogP contribution is 2.28. The predicted molar refractivity (Wildman–Crippen MR) is 106 cm³/mol. The molecule has 0 unspecified atom stereocenters. The number of ether oxygens (including phenoxy) is 3. The minimum absolute atomic E-state index is 0.252. The Morgan fingerprint density at radius 1 is 1.00 bits per heavy atom. The number of nitrogens with one attached hydrogen (secondary N) is 1. The molecule has 0 aromatic heterocycles. The lowest BCUT2D eigenvalue weighted by Gasteiger charge is -2.14. The van der Waals surface area contributed by atoms with Crippen molar-refractivity contribution in [3.8, 4) is 11.5 Å². The molecule has 0 atom stereocenters. The average molecular weight is 422 g/mol. The van der Waals surface area contributed by atoms with Crippen LogP contribution in [-0.2, 0) is 4.74 Å². The van der Waals surface area contributed by atoms with E-state index < -0.39 is 0 Å². The fourth-order valence-electron chi connectivity index (χ4n) is 2.26. The molecule has 1 amide bonds. The lowest BCUT2D eigenvalue weighted by Crippen LogP contribution is -2.15. The van der Waals surface area contributed by atoms with Crippen LogP contribution in [0.1, 0.15) is 30.6 Å². The number of halogens is 1. The number of hydrogen-bond donors (Lipinski definition) is 1. The van der Waals surface area contributed by atoms with Gasteiger partial charge in [-0.25, -0.2) is 0 Å². The first-order valence-corrected chi connectivity index (χ1v) is 9.48. The topological polar surface area (TPSA) is 56.8 Å². The second-order valence-corrected chi connectivity index (χ2v) is 6.40. The quantitative estimate of drug-likeness (QED) is 0.553. The number of benzene rings is 2. The van der Waals surface area contributed by atoms with Gasteiger partial charge in [0.2, 0.25) is 0 Å². The lowest BCUT2D eigenvalue weighted by molar-refractivity contribution is 0.102. The maximum atomic E-state index is 12.8. The molecule has 0 heterocycles. The van der Waals surface area contributed by atoms with E-state index in [1.165, 1.54) is 0 Å². The summed E-state index contributed by atoms with van der Waals surface area (Å²) in [6.07, 6.45) is 0.869. The highest BCUT2D eigenvalue weighted by atomic mass is 79.9. The van der Waals surface area contributed by atoms with Crippen LogP contribution in [0.2, 0.25) is 0 Å². The summed E-state index contributed by atoms with van der Waals surface area (Å²) in [6.45, 7) is 6.07. The molecule has 140 valence electrons. The van der Waals surface area contributed by atoms with Crippen LogP contribution in [0.15, 0.2) is 46.9 Å². The molecule has 0 radical (unpaired) electrons. The van der Waals surface area contributed by atoms with Crippen LogP contribution < -0.4 is 14.8 Å². The molecule has 2 aromatic carbocycles. The van der Waals surface area contributed by atoms with Crippen LogP contribution in [0.25, 0.3) is 0 Å². The second kappa shape index (κ2) is 10.8. The van der Waals surface area contributed by atoms with E-state index in [1.807, 2.05) is 38.1 Å². The first kappa shape index (κ1) is 20.3. The molecule has 26 heavy (non-hydrogen) atoms. The molecule has 6 heteroatoms. The maximum absolute atomic E-state index is 12.8. The van der Waals surface area contributed by atoms with Crippen molar-refractivity contribution in [3.05, 3.63) is 52.5 Å². The van der Waals surface area contributed by atoms with Crippen molar-refractivity contribution in [1.29, 1.82) is 0 Å². The molecule has 0 spiro atoms. The molecule has 0 aliphatic heterocycles. The SMILES string of the molecule is CCCOc1ccc(Br)cc1C(=O)Nc1ccccc1OCCOCC. The Balaban J connectivity index is 2.13. The largest absolute Gasteiger partial charge is 0.493 e. The molecule has 0 fully saturated rings. The standard InChI is InChI=1S/C20H24BrNO4/c1-3-11-25-18-10-9-15(21)14-16(18)20(23)22-17-7-5-6-8-19(17)26-13-12-24-4-2/h5-10,14H,3-4,11-13H2,1-2H3,(H,22,23). The van der Waals surface area contributed by atoms with E-state index in [0.717, 1.165) is 10.9 Å². The number of amides is 1.